The van der Waals surface area contributed by atoms with Crippen molar-refractivity contribution in [3.8, 4) is 6.07 Å². The highest BCUT2D eigenvalue weighted by Crippen LogP contribution is 2.41. The molecule has 1 atom stereocenters. The molecule has 0 saturated heterocycles. The van der Waals surface area contributed by atoms with Crippen LogP contribution in [0.25, 0.3) is 0 Å². The van der Waals surface area contributed by atoms with E-state index in [0.29, 0.717) is 5.56 Å². The van der Waals surface area contributed by atoms with E-state index in [1.165, 1.54) is 22.4 Å². The van der Waals surface area contributed by atoms with Gasteiger partial charge >= 0.3 is 0 Å². The maximum Gasteiger partial charge on any atom is 0.0991 e. The summed E-state index contributed by atoms with van der Waals surface area (Å²) in [7, 11) is 0. The van der Waals surface area contributed by atoms with Gasteiger partial charge in [-0.3, -0.25) is 0 Å². The van der Waals surface area contributed by atoms with Crippen molar-refractivity contribution in [3.05, 3.63) is 89.3 Å². The number of hydrogen-bond acceptors (Lipinski definition) is 3. The van der Waals surface area contributed by atoms with E-state index in [1.807, 2.05) is 43.6 Å². The van der Waals surface area contributed by atoms with Gasteiger partial charge in [-0.05, 0) is 60.4 Å². The lowest BCUT2D eigenvalue weighted by molar-refractivity contribution is 0.427. The van der Waals surface area contributed by atoms with Gasteiger partial charge in [-0.1, -0.05) is 49.1 Å². The average Bonchev–Trinajstić information content (AvgIpc) is 3.16. The quantitative estimate of drug-likeness (QED) is 0.657. The molecule has 2 aliphatic rings. The van der Waals surface area contributed by atoms with E-state index >= 15 is 0 Å². The first-order valence-corrected chi connectivity index (χ1v) is 10.1. The standard InChI is InChI=1S/C24H23N3S/c1-3-11-26(4-2)23(18-7-5-6-17(13-18)16-25)21-14-19-8-9-22(28)27-12-10-20(15-21)24(19)27/h3-7,11,13-15,23H,2,8-10,12H2,1H3/b11-3-. The molecule has 0 N–H and O–H groups in total. The van der Waals surface area contributed by atoms with E-state index in [0.717, 1.165) is 36.4 Å². The number of hydrogen-bond donors (Lipinski definition) is 0. The molecule has 4 rings (SSSR count). The van der Waals surface area contributed by atoms with Crippen LogP contribution in [-0.2, 0) is 12.8 Å². The van der Waals surface area contributed by atoms with Crippen LogP contribution in [0.3, 0.4) is 0 Å². The molecule has 140 valence electrons. The summed E-state index contributed by atoms with van der Waals surface area (Å²) in [6.07, 6.45) is 8.87. The van der Waals surface area contributed by atoms with Crippen LogP contribution in [0.2, 0.25) is 0 Å². The van der Waals surface area contributed by atoms with Crippen LogP contribution in [0.15, 0.2) is 61.5 Å². The van der Waals surface area contributed by atoms with Crippen LogP contribution in [0.1, 0.15) is 47.2 Å². The normalized spacial score (nSPS) is 16.0. The second kappa shape index (κ2) is 7.61. The maximum absolute atomic E-state index is 9.37. The third-order valence-electron chi connectivity index (χ3n) is 5.55. The number of rotatable bonds is 5. The molecule has 0 saturated carbocycles. The monoisotopic (exact) mass is 385 g/mol. The number of benzene rings is 2. The van der Waals surface area contributed by atoms with Crippen molar-refractivity contribution in [1.29, 1.82) is 5.26 Å². The lowest BCUT2D eigenvalue weighted by atomic mass is 9.90. The van der Waals surface area contributed by atoms with Gasteiger partial charge in [0, 0.05) is 24.9 Å². The summed E-state index contributed by atoms with van der Waals surface area (Å²) < 4.78 is 0. The maximum atomic E-state index is 9.37. The first-order valence-electron chi connectivity index (χ1n) is 9.65. The first kappa shape index (κ1) is 18.5. The Morgan fingerprint density at radius 2 is 1.96 bits per heavy atom. The Balaban J connectivity index is 1.87. The van der Waals surface area contributed by atoms with E-state index in [4.69, 9.17) is 12.2 Å². The number of aryl methyl sites for hydroxylation is 1. The highest BCUT2D eigenvalue weighted by molar-refractivity contribution is 7.80. The molecule has 4 heteroatoms. The topological polar surface area (TPSA) is 30.3 Å². The summed E-state index contributed by atoms with van der Waals surface area (Å²) in [4.78, 5) is 5.50. The molecular weight excluding hydrogens is 362 g/mol. The first-order chi connectivity index (χ1) is 13.7. The largest absolute Gasteiger partial charge is 0.344 e. The summed E-state index contributed by atoms with van der Waals surface area (Å²) >= 11 is 5.58. The number of nitriles is 1. The van der Waals surface area contributed by atoms with Gasteiger partial charge in [0.1, 0.15) is 0 Å². The minimum Gasteiger partial charge on any atom is -0.344 e. The Bertz CT molecular complexity index is 1010. The van der Waals surface area contributed by atoms with E-state index in [1.54, 1.807) is 0 Å². The van der Waals surface area contributed by atoms with Crippen LogP contribution in [-0.4, -0.2) is 16.4 Å². The number of allylic oxidation sites excluding steroid dienone is 1. The minimum absolute atomic E-state index is 0.0218. The molecule has 0 spiro atoms. The van der Waals surface area contributed by atoms with E-state index < -0.39 is 0 Å². The molecule has 0 amide bonds. The molecule has 0 aliphatic carbocycles. The lowest BCUT2D eigenvalue weighted by Crippen LogP contribution is -2.31. The molecule has 2 aromatic rings. The fraction of sp³-hybridized carbons (Fsp3) is 0.250. The Morgan fingerprint density at radius 3 is 2.68 bits per heavy atom. The average molecular weight is 386 g/mol. The zero-order chi connectivity index (χ0) is 19.7. The number of anilines is 1. The molecule has 0 aromatic heterocycles. The van der Waals surface area contributed by atoms with Crippen molar-refractivity contribution < 1.29 is 0 Å². The van der Waals surface area contributed by atoms with Crippen molar-refractivity contribution in [2.45, 2.75) is 32.2 Å². The van der Waals surface area contributed by atoms with Crippen molar-refractivity contribution in [3.63, 3.8) is 0 Å². The van der Waals surface area contributed by atoms with Gasteiger partial charge in [-0.2, -0.15) is 5.26 Å². The lowest BCUT2D eigenvalue weighted by Gasteiger charge is -2.32. The molecule has 2 heterocycles. The predicted octanol–water partition coefficient (Wildman–Crippen LogP) is 5.26. The van der Waals surface area contributed by atoms with Crippen LogP contribution >= 0.6 is 12.2 Å². The summed E-state index contributed by atoms with van der Waals surface area (Å²) in [5, 5.41) is 9.37. The fourth-order valence-corrected chi connectivity index (χ4v) is 4.67. The van der Waals surface area contributed by atoms with Crippen LogP contribution in [0.5, 0.6) is 0 Å². The highest BCUT2D eigenvalue weighted by atomic mass is 32.1. The van der Waals surface area contributed by atoms with Gasteiger partial charge in [0.15, 0.2) is 0 Å². The van der Waals surface area contributed by atoms with Gasteiger partial charge in [0.05, 0.1) is 22.7 Å². The molecule has 28 heavy (non-hydrogen) atoms. The Morgan fingerprint density at radius 1 is 1.18 bits per heavy atom. The van der Waals surface area contributed by atoms with Crippen LogP contribution < -0.4 is 4.90 Å². The Kier molecular flexibility index (Phi) is 5.02. The van der Waals surface area contributed by atoms with Gasteiger partial charge in [-0.25, -0.2) is 0 Å². The third-order valence-corrected chi connectivity index (χ3v) is 5.98. The molecule has 1 unspecified atom stereocenters. The van der Waals surface area contributed by atoms with E-state index in [-0.39, 0.29) is 6.04 Å². The fourth-order valence-electron chi connectivity index (χ4n) is 4.38. The zero-order valence-electron chi connectivity index (χ0n) is 16.1. The zero-order valence-corrected chi connectivity index (χ0v) is 16.9. The summed E-state index contributed by atoms with van der Waals surface area (Å²) in [6.45, 7) is 7.02. The van der Waals surface area contributed by atoms with Gasteiger partial charge in [0.2, 0.25) is 0 Å². The molecule has 0 radical (unpaired) electrons. The minimum atomic E-state index is -0.0218. The smallest absolute Gasteiger partial charge is 0.0991 e. The molecule has 0 fully saturated rings. The van der Waals surface area contributed by atoms with E-state index in [9.17, 15) is 5.26 Å². The molecule has 3 nitrogen and oxygen atoms in total. The summed E-state index contributed by atoms with van der Waals surface area (Å²) in [5.41, 5.74) is 7.08. The van der Waals surface area contributed by atoms with Crippen molar-refractivity contribution in [2.75, 3.05) is 11.4 Å². The van der Waals surface area contributed by atoms with Crippen LogP contribution in [0, 0.1) is 11.3 Å². The number of nitrogens with zero attached hydrogens (tertiary/aromatic N) is 3. The highest BCUT2D eigenvalue weighted by Gasteiger charge is 2.31. The second-order valence-electron chi connectivity index (χ2n) is 7.24. The number of thiocarbonyl (C=S) groups is 1. The van der Waals surface area contributed by atoms with Crippen molar-refractivity contribution >= 4 is 22.9 Å². The molecular formula is C24H23N3S. The Labute approximate surface area is 172 Å². The van der Waals surface area contributed by atoms with Gasteiger partial charge in [0.25, 0.3) is 0 Å². The van der Waals surface area contributed by atoms with Crippen molar-refractivity contribution in [2.24, 2.45) is 0 Å². The predicted molar refractivity (Wildman–Crippen MR) is 118 cm³/mol. The van der Waals surface area contributed by atoms with E-state index in [2.05, 4.69) is 40.6 Å². The molecule has 0 bridgehead atoms. The third kappa shape index (κ3) is 3.12. The molecule has 2 aromatic carbocycles. The van der Waals surface area contributed by atoms with Crippen LogP contribution in [0.4, 0.5) is 5.69 Å². The summed E-state index contributed by atoms with van der Waals surface area (Å²) in [6, 6.07) is 14.7. The second-order valence-corrected chi connectivity index (χ2v) is 7.71. The van der Waals surface area contributed by atoms with Gasteiger partial charge < -0.3 is 9.80 Å². The summed E-state index contributed by atoms with van der Waals surface area (Å²) in [5.74, 6) is 0. The van der Waals surface area contributed by atoms with Crippen molar-refractivity contribution in [1.82, 2.24) is 4.90 Å². The molecule has 2 aliphatic heterocycles. The van der Waals surface area contributed by atoms with Gasteiger partial charge in [-0.15, -0.1) is 0 Å². The Hall–Kier alpha value is -2.90. The SMILES string of the molecule is C=CN(/C=C\C)C(c1cccc(C#N)c1)c1cc2c3c(c1)CCN3C(=S)CC2.